The molecule has 0 amide bonds. The lowest BCUT2D eigenvalue weighted by Gasteiger charge is -2.22. The van der Waals surface area contributed by atoms with E-state index in [2.05, 4.69) is 50.5 Å². The van der Waals surface area contributed by atoms with E-state index in [9.17, 15) is 0 Å². The van der Waals surface area contributed by atoms with Gasteiger partial charge in [-0.2, -0.15) is 0 Å². The molecule has 2 rings (SSSR count). The van der Waals surface area contributed by atoms with E-state index in [1.54, 1.807) is 0 Å². The molecule has 1 heterocycles. The highest BCUT2D eigenvalue weighted by atomic mass is 32.1. The van der Waals surface area contributed by atoms with E-state index in [1.807, 2.05) is 11.3 Å². The van der Waals surface area contributed by atoms with Crippen LogP contribution in [0.5, 0.6) is 0 Å². The summed E-state index contributed by atoms with van der Waals surface area (Å²) in [6.45, 7) is 9.28. The first kappa shape index (κ1) is 11.2. The van der Waals surface area contributed by atoms with Crippen LogP contribution in [0.1, 0.15) is 45.0 Å². The first-order chi connectivity index (χ1) is 7.00. The molecular formula is C13H21NS. The molecule has 0 spiro atoms. The van der Waals surface area contributed by atoms with Gasteiger partial charge in [0.25, 0.3) is 0 Å². The Labute approximate surface area is 96.9 Å². The molecule has 0 radical (unpaired) electrons. The lowest BCUT2D eigenvalue weighted by atomic mass is 10.0. The van der Waals surface area contributed by atoms with Crippen molar-refractivity contribution in [3.05, 3.63) is 22.4 Å². The molecule has 1 N–H and O–H groups in total. The molecule has 2 heteroatoms. The summed E-state index contributed by atoms with van der Waals surface area (Å²) < 4.78 is 0. The third-order valence-electron chi connectivity index (χ3n) is 3.41. The maximum atomic E-state index is 3.79. The minimum absolute atomic E-state index is 0.518. The van der Waals surface area contributed by atoms with E-state index in [4.69, 9.17) is 0 Å². The van der Waals surface area contributed by atoms with Crippen molar-refractivity contribution in [2.75, 3.05) is 0 Å². The minimum Gasteiger partial charge on any atom is -0.306 e. The highest BCUT2D eigenvalue weighted by Gasteiger charge is 2.46. The smallest absolute Gasteiger partial charge is 0.0440 e. The van der Waals surface area contributed by atoms with Gasteiger partial charge in [0.05, 0.1) is 0 Å². The van der Waals surface area contributed by atoms with Gasteiger partial charge in [0.2, 0.25) is 0 Å². The monoisotopic (exact) mass is 223 g/mol. The predicted molar refractivity (Wildman–Crippen MR) is 67.2 cm³/mol. The van der Waals surface area contributed by atoms with Gasteiger partial charge in [0.15, 0.2) is 0 Å². The average molecular weight is 223 g/mol. The highest BCUT2D eigenvalue weighted by Crippen LogP contribution is 2.46. The highest BCUT2D eigenvalue weighted by molar-refractivity contribution is 7.10. The maximum Gasteiger partial charge on any atom is 0.0440 e. The molecule has 0 bridgehead atoms. The molecule has 1 aromatic heterocycles. The zero-order chi connectivity index (χ0) is 11.1. The molecule has 0 aromatic carbocycles. The predicted octanol–water partition coefficient (Wildman–Crippen LogP) is 3.83. The fraction of sp³-hybridized carbons (Fsp3) is 0.692. The zero-order valence-corrected chi connectivity index (χ0v) is 10.9. The Kier molecular flexibility index (Phi) is 2.91. The summed E-state index contributed by atoms with van der Waals surface area (Å²) in [4.78, 5) is 1.48. The van der Waals surface area contributed by atoms with E-state index in [0.717, 1.165) is 0 Å². The van der Waals surface area contributed by atoms with Crippen molar-refractivity contribution < 1.29 is 0 Å². The third-order valence-corrected chi connectivity index (χ3v) is 4.37. The van der Waals surface area contributed by atoms with Gasteiger partial charge in [-0.15, -0.1) is 11.3 Å². The van der Waals surface area contributed by atoms with Gasteiger partial charge in [-0.3, -0.25) is 0 Å². The van der Waals surface area contributed by atoms with Gasteiger partial charge < -0.3 is 5.32 Å². The van der Waals surface area contributed by atoms with Crippen molar-refractivity contribution in [2.24, 2.45) is 11.3 Å². The molecule has 1 saturated carbocycles. The lowest BCUT2D eigenvalue weighted by Crippen LogP contribution is -2.29. The van der Waals surface area contributed by atoms with E-state index in [-0.39, 0.29) is 0 Å². The van der Waals surface area contributed by atoms with Crippen molar-refractivity contribution >= 4 is 11.3 Å². The van der Waals surface area contributed by atoms with Gasteiger partial charge in [0, 0.05) is 17.0 Å². The standard InChI is InChI=1S/C13H21NS/c1-9(2)12(10-6-5-7-15-10)14-11-8-13(11,3)4/h5-7,9,11-12,14H,8H2,1-4H3. The summed E-state index contributed by atoms with van der Waals surface area (Å²) >= 11 is 1.87. The molecular weight excluding hydrogens is 202 g/mol. The molecule has 1 nitrogen and oxygen atoms in total. The van der Waals surface area contributed by atoms with Crippen molar-refractivity contribution in [2.45, 2.75) is 46.2 Å². The summed E-state index contributed by atoms with van der Waals surface area (Å²) in [7, 11) is 0. The number of rotatable bonds is 4. The Bertz CT molecular complexity index is 313. The van der Waals surface area contributed by atoms with Crippen LogP contribution in [0.3, 0.4) is 0 Å². The summed E-state index contributed by atoms with van der Waals surface area (Å²) in [5.41, 5.74) is 0.518. The van der Waals surface area contributed by atoms with Gasteiger partial charge in [-0.25, -0.2) is 0 Å². The molecule has 1 aliphatic rings. The lowest BCUT2D eigenvalue weighted by molar-refractivity contribution is 0.389. The second-order valence-electron chi connectivity index (χ2n) is 5.65. The first-order valence-corrected chi connectivity index (χ1v) is 6.68. The number of hydrogen-bond donors (Lipinski definition) is 1. The topological polar surface area (TPSA) is 12.0 Å². The molecule has 1 aromatic rings. The quantitative estimate of drug-likeness (QED) is 0.818. The Morgan fingerprint density at radius 3 is 2.53 bits per heavy atom. The number of nitrogens with one attached hydrogen (secondary N) is 1. The van der Waals surface area contributed by atoms with Crippen LogP contribution in [0.2, 0.25) is 0 Å². The second-order valence-corrected chi connectivity index (χ2v) is 6.63. The second kappa shape index (κ2) is 3.91. The molecule has 1 fully saturated rings. The van der Waals surface area contributed by atoms with E-state index >= 15 is 0 Å². The van der Waals surface area contributed by atoms with Crippen molar-refractivity contribution in [3.63, 3.8) is 0 Å². The Balaban J connectivity index is 2.02. The molecule has 0 aliphatic heterocycles. The Morgan fingerprint density at radius 2 is 2.13 bits per heavy atom. The van der Waals surface area contributed by atoms with Gasteiger partial charge in [0.1, 0.15) is 0 Å². The van der Waals surface area contributed by atoms with E-state index in [0.29, 0.717) is 23.4 Å². The van der Waals surface area contributed by atoms with Crippen LogP contribution in [-0.2, 0) is 0 Å². The van der Waals surface area contributed by atoms with Gasteiger partial charge >= 0.3 is 0 Å². The molecule has 2 atom stereocenters. The largest absolute Gasteiger partial charge is 0.306 e. The van der Waals surface area contributed by atoms with Crippen LogP contribution >= 0.6 is 11.3 Å². The van der Waals surface area contributed by atoms with Crippen LogP contribution in [0.25, 0.3) is 0 Å². The van der Waals surface area contributed by atoms with Gasteiger partial charge in [-0.1, -0.05) is 33.8 Å². The first-order valence-electron chi connectivity index (χ1n) is 5.80. The van der Waals surface area contributed by atoms with Crippen LogP contribution < -0.4 is 5.32 Å². The average Bonchev–Trinajstić information content (AvgIpc) is 2.62. The van der Waals surface area contributed by atoms with E-state index < -0.39 is 0 Å². The molecule has 0 saturated heterocycles. The number of thiophene rings is 1. The van der Waals surface area contributed by atoms with Crippen molar-refractivity contribution in [1.82, 2.24) is 5.32 Å². The normalized spacial score (nSPS) is 25.5. The van der Waals surface area contributed by atoms with Crippen LogP contribution in [0.4, 0.5) is 0 Å². The summed E-state index contributed by atoms with van der Waals surface area (Å²) in [5, 5.41) is 5.96. The Morgan fingerprint density at radius 1 is 1.47 bits per heavy atom. The molecule has 2 unspecified atom stereocenters. The SMILES string of the molecule is CC(C)C(NC1CC1(C)C)c1cccs1. The van der Waals surface area contributed by atoms with Gasteiger partial charge in [-0.05, 0) is 29.2 Å². The Hall–Kier alpha value is -0.340. The van der Waals surface area contributed by atoms with Crippen molar-refractivity contribution in [3.8, 4) is 0 Å². The van der Waals surface area contributed by atoms with Crippen LogP contribution in [-0.4, -0.2) is 6.04 Å². The van der Waals surface area contributed by atoms with Crippen LogP contribution in [0, 0.1) is 11.3 Å². The molecule has 15 heavy (non-hydrogen) atoms. The fourth-order valence-electron chi connectivity index (χ4n) is 2.04. The summed E-state index contributed by atoms with van der Waals surface area (Å²) in [6.07, 6.45) is 1.32. The maximum absolute atomic E-state index is 3.79. The van der Waals surface area contributed by atoms with Crippen LogP contribution in [0.15, 0.2) is 17.5 Å². The molecule has 84 valence electrons. The number of hydrogen-bond acceptors (Lipinski definition) is 2. The fourth-order valence-corrected chi connectivity index (χ4v) is 3.00. The third kappa shape index (κ3) is 2.43. The summed E-state index contributed by atoms with van der Waals surface area (Å²) in [5.74, 6) is 0.667. The van der Waals surface area contributed by atoms with E-state index in [1.165, 1.54) is 11.3 Å². The molecule has 1 aliphatic carbocycles. The van der Waals surface area contributed by atoms with Crippen molar-refractivity contribution in [1.29, 1.82) is 0 Å². The minimum atomic E-state index is 0.518. The zero-order valence-electron chi connectivity index (χ0n) is 10.1. The summed E-state index contributed by atoms with van der Waals surface area (Å²) in [6, 6.07) is 5.65.